The second-order valence-electron chi connectivity index (χ2n) is 10.1. The summed E-state index contributed by atoms with van der Waals surface area (Å²) in [5, 5.41) is 9.53. The van der Waals surface area contributed by atoms with Crippen LogP contribution < -0.4 is 24.4 Å². The standard InChI is InChI=1S/C30H27N3O5S3/c1-3-13-31-28(37)26(41-30(31)39)29-32(16-25(34)35)27(36)24(40-29)15-17-7-12-23-21(14-17)20-5-4-6-22(20)33(23)18-8-10-19(38-2)11-9-18/h3,7-12,14-15,20,22H,1,4-6,13,16H2,2H3,(H,34,35). The van der Waals surface area contributed by atoms with Crippen molar-refractivity contribution in [1.82, 2.24) is 9.47 Å². The average molecular weight is 606 g/mol. The number of nitrogens with zero attached hydrogens (tertiary/aromatic N) is 3. The smallest absolute Gasteiger partial charge is 0.323 e. The SMILES string of the molecule is C=CCN1C(=O)C(=c2sc(=Cc3ccc4c(c3)C3CCCC3N4c3ccc(OC)cc3)c(=O)n2CC(=O)O)SC1=S. The van der Waals surface area contributed by atoms with E-state index < -0.39 is 18.1 Å². The monoisotopic (exact) mass is 605 g/mol. The Bertz CT molecular complexity index is 1780. The minimum Gasteiger partial charge on any atom is -0.497 e. The summed E-state index contributed by atoms with van der Waals surface area (Å²) >= 11 is 7.56. The zero-order valence-electron chi connectivity index (χ0n) is 22.2. The molecule has 210 valence electrons. The van der Waals surface area contributed by atoms with Crippen LogP contribution in [0.4, 0.5) is 11.4 Å². The summed E-state index contributed by atoms with van der Waals surface area (Å²) in [7, 11) is 1.66. The number of aromatic nitrogens is 1. The Labute approximate surface area is 249 Å². The fourth-order valence-electron chi connectivity index (χ4n) is 5.98. The molecule has 1 aliphatic carbocycles. The van der Waals surface area contributed by atoms with Crippen molar-refractivity contribution < 1.29 is 19.4 Å². The van der Waals surface area contributed by atoms with Crippen molar-refractivity contribution in [3.05, 3.63) is 85.8 Å². The molecule has 2 aliphatic heterocycles. The van der Waals surface area contributed by atoms with E-state index >= 15 is 0 Å². The lowest BCUT2D eigenvalue weighted by Gasteiger charge is -2.27. The number of carboxylic acid groups (broad SMARTS) is 1. The third-order valence-electron chi connectivity index (χ3n) is 7.73. The molecule has 2 unspecified atom stereocenters. The van der Waals surface area contributed by atoms with Crippen LogP contribution in [0.5, 0.6) is 5.75 Å². The van der Waals surface area contributed by atoms with Gasteiger partial charge in [0.2, 0.25) is 0 Å². The van der Waals surface area contributed by atoms with Crippen LogP contribution in [-0.2, 0) is 16.1 Å². The molecule has 1 N–H and O–H groups in total. The third-order valence-corrected chi connectivity index (χ3v) is 10.4. The summed E-state index contributed by atoms with van der Waals surface area (Å²) in [5.41, 5.74) is 3.95. The van der Waals surface area contributed by atoms with Crippen LogP contribution in [0.25, 0.3) is 11.0 Å². The zero-order valence-corrected chi connectivity index (χ0v) is 24.7. The predicted octanol–water partition coefficient (Wildman–Crippen LogP) is 3.77. The fraction of sp³-hybridized carbons (Fsp3) is 0.267. The van der Waals surface area contributed by atoms with Gasteiger partial charge in [0, 0.05) is 29.9 Å². The third kappa shape index (κ3) is 4.81. The second kappa shape index (κ2) is 11.0. The number of ether oxygens (including phenoxy) is 1. The van der Waals surface area contributed by atoms with Gasteiger partial charge in [0.05, 0.1) is 11.6 Å². The number of thioether (sulfide) groups is 1. The lowest BCUT2D eigenvalue weighted by Crippen LogP contribution is -2.35. The first kappa shape index (κ1) is 27.5. The van der Waals surface area contributed by atoms with E-state index in [1.165, 1.54) is 10.5 Å². The van der Waals surface area contributed by atoms with Crippen molar-refractivity contribution in [2.75, 3.05) is 18.6 Å². The summed E-state index contributed by atoms with van der Waals surface area (Å²) in [4.78, 5) is 42.3. The minimum absolute atomic E-state index is 0.243. The van der Waals surface area contributed by atoms with E-state index in [4.69, 9.17) is 17.0 Å². The van der Waals surface area contributed by atoms with Gasteiger partial charge in [-0.2, -0.15) is 0 Å². The van der Waals surface area contributed by atoms with Gasteiger partial charge >= 0.3 is 5.97 Å². The molecular formula is C30H27N3O5S3. The molecule has 0 bridgehead atoms. The fourth-order valence-corrected chi connectivity index (χ4v) is 8.51. The first-order valence-corrected chi connectivity index (χ1v) is 15.2. The molecule has 1 saturated carbocycles. The predicted molar refractivity (Wildman–Crippen MR) is 166 cm³/mol. The molecule has 6 rings (SSSR count). The van der Waals surface area contributed by atoms with Crippen LogP contribution >= 0.6 is 35.3 Å². The maximum Gasteiger partial charge on any atom is 0.323 e. The highest BCUT2D eigenvalue weighted by atomic mass is 32.2. The van der Waals surface area contributed by atoms with Crippen LogP contribution in [0, 0.1) is 0 Å². The molecule has 11 heteroatoms. The molecule has 2 aromatic carbocycles. The van der Waals surface area contributed by atoms with E-state index in [2.05, 4.69) is 35.7 Å². The molecule has 3 heterocycles. The molecule has 2 atom stereocenters. The van der Waals surface area contributed by atoms with Crippen molar-refractivity contribution in [1.29, 1.82) is 0 Å². The molecule has 1 aromatic heterocycles. The van der Waals surface area contributed by atoms with Gasteiger partial charge in [0.25, 0.3) is 11.5 Å². The van der Waals surface area contributed by atoms with Crippen molar-refractivity contribution in [2.24, 2.45) is 0 Å². The van der Waals surface area contributed by atoms with E-state index in [9.17, 15) is 19.5 Å². The number of anilines is 2. The summed E-state index contributed by atoms with van der Waals surface area (Å²) in [5.74, 6) is -0.308. The first-order chi connectivity index (χ1) is 19.8. The molecule has 1 amide bonds. The summed E-state index contributed by atoms with van der Waals surface area (Å²) in [6.45, 7) is 3.37. The number of methoxy groups -OCH3 is 1. The first-order valence-electron chi connectivity index (χ1n) is 13.2. The molecule has 0 spiro atoms. The Hall–Kier alpha value is -3.67. The van der Waals surface area contributed by atoms with Crippen LogP contribution in [0.15, 0.2) is 59.9 Å². The van der Waals surface area contributed by atoms with Gasteiger partial charge in [0.1, 0.15) is 26.2 Å². The van der Waals surface area contributed by atoms with Crippen molar-refractivity contribution in [3.63, 3.8) is 0 Å². The molecular weight excluding hydrogens is 579 g/mol. The van der Waals surface area contributed by atoms with Gasteiger partial charge in [-0.1, -0.05) is 42.5 Å². The Kier molecular flexibility index (Phi) is 7.35. The van der Waals surface area contributed by atoms with Gasteiger partial charge in [-0.25, -0.2) is 0 Å². The maximum atomic E-state index is 13.5. The number of benzene rings is 2. The Morgan fingerprint density at radius 1 is 1.20 bits per heavy atom. The lowest BCUT2D eigenvalue weighted by atomic mass is 9.96. The quantitative estimate of drug-likeness (QED) is 0.322. The normalized spacial score (nSPS) is 21.4. The zero-order chi connectivity index (χ0) is 28.8. The summed E-state index contributed by atoms with van der Waals surface area (Å²) in [6, 6.07) is 14.7. The number of hydrogen-bond acceptors (Lipinski definition) is 8. The Morgan fingerprint density at radius 3 is 2.68 bits per heavy atom. The van der Waals surface area contributed by atoms with E-state index in [0.717, 1.165) is 69.6 Å². The molecule has 0 radical (unpaired) electrons. The van der Waals surface area contributed by atoms with E-state index in [0.29, 0.717) is 25.5 Å². The summed E-state index contributed by atoms with van der Waals surface area (Å²) in [6.07, 6.45) is 6.72. The topological polar surface area (TPSA) is 92.1 Å². The number of thiazole rings is 1. The molecule has 41 heavy (non-hydrogen) atoms. The maximum absolute atomic E-state index is 13.5. The second-order valence-corrected chi connectivity index (χ2v) is 12.8. The van der Waals surface area contributed by atoms with Gasteiger partial charge < -0.3 is 14.7 Å². The van der Waals surface area contributed by atoms with E-state index in [-0.39, 0.29) is 17.4 Å². The molecule has 1 saturated heterocycles. The Morgan fingerprint density at radius 2 is 1.98 bits per heavy atom. The number of carbonyl (C=O) groups is 2. The number of aliphatic carboxylic acids is 1. The summed E-state index contributed by atoms with van der Waals surface area (Å²) < 4.78 is 7.52. The number of rotatable bonds is 7. The molecule has 2 fully saturated rings. The van der Waals surface area contributed by atoms with Gasteiger partial charge in [0.15, 0.2) is 0 Å². The van der Waals surface area contributed by atoms with Crippen molar-refractivity contribution in [3.8, 4) is 5.75 Å². The van der Waals surface area contributed by atoms with Gasteiger partial charge in [-0.15, -0.1) is 17.9 Å². The number of hydrogen-bond donors (Lipinski definition) is 1. The molecule has 3 aromatic rings. The Balaban J connectivity index is 1.45. The lowest BCUT2D eigenvalue weighted by molar-refractivity contribution is -0.137. The number of carboxylic acids is 1. The van der Waals surface area contributed by atoms with Gasteiger partial charge in [-0.3, -0.25) is 23.9 Å². The van der Waals surface area contributed by atoms with Crippen LogP contribution in [0.2, 0.25) is 0 Å². The van der Waals surface area contributed by atoms with E-state index in [1.54, 1.807) is 19.3 Å². The van der Waals surface area contributed by atoms with Crippen LogP contribution in [0.1, 0.15) is 36.3 Å². The van der Waals surface area contributed by atoms with Crippen molar-refractivity contribution >= 4 is 73.9 Å². The van der Waals surface area contributed by atoms with Crippen LogP contribution in [-0.4, -0.2) is 50.5 Å². The minimum atomic E-state index is -1.16. The number of thiocarbonyl (C=S) groups is 1. The largest absolute Gasteiger partial charge is 0.497 e. The van der Waals surface area contributed by atoms with Crippen LogP contribution in [0.3, 0.4) is 0 Å². The average Bonchev–Trinajstić information content (AvgIpc) is 3.69. The highest BCUT2D eigenvalue weighted by Gasteiger charge is 2.42. The highest BCUT2D eigenvalue weighted by Crippen LogP contribution is 2.52. The van der Waals surface area contributed by atoms with E-state index in [1.807, 2.05) is 18.2 Å². The molecule has 8 nitrogen and oxygen atoms in total. The number of fused-ring (bicyclic) bond motifs is 3. The number of amides is 1. The molecule has 3 aliphatic rings. The van der Waals surface area contributed by atoms with Crippen molar-refractivity contribution in [2.45, 2.75) is 37.8 Å². The highest BCUT2D eigenvalue weighted by molar-refractivity contribution is 8.30. The van der Waals surface area contributed by atoms with Gasteiger partial charge in [-0.05, 0) is 66.4 Å². The number of carbonyl (C=O) groups excluding carboxylic acids is 1.